The number of nitrogens with one attached hydrogen (secondary N) is 3. The average Bonchev–Trinajstić information content (AvgIpc) is 3.50. The van der Waals surface area contributed by atoms with Crippen LogP contribution in [0.1, 0.15) is 23.7 Å². The molecule has 2 aromatic heterocycles. The summed E-state index contributed by atoms with van der Waals surface area (Å²) < 4.78 is 0. The molecule has 0 spiro atoms. The fourth-order valence-corrected chi connectivity index (χ4v) is 6.62. The van der Waals surface area contributed by atoms with Crippen molar-refractivity contribution in [1.82, 2.24) is 30.7 Å². The Balaban J connectivity index is 1.46. The van der Waals surface area contributed by atoms with Crippen molar-refractivity contribution in [3.8, 4) is 0 Å². The topological polar surface area (TPSA) is 183 Å². The van der Waals surface area contributed by atoms with Crippen LogP contribution >= 0.6 is 34.9 Å². The van der Waals surface area contributed by atoms with E-state index in [0.717, 1.165) is 5.82 Å². The Labute approximate surface area is 206 Å². The molecule has 4 amide bonds. The first-order chi connectivity index (χ1) is 16.3. The second-order valence-electron chi connectivity index (χ2n) is 7.32. The van der Waals surface area contributed by atoms with Gasteiger partial charge in [0.25, 0.3) is 5.91 Å². The van der Waals surface area contributed by atoms with Crippen molar-refractivity contribution in [3.63, 3.8) is 0 Å². The number of nitrogens with two attached hydrogens (primary N) is 1. The van der Waals surface area contributed by atoms with Crippen LogP contribution in [0.4, 0.5) is 4.79 Å². The maximum atomic E-state index is 12.9. The van der Waals surface area contributed by atoms with E-state index in [9.17, 15) is 24.3 Å². The standard InChI is InChI=1S/C19H21N7O5S3/c1-2-10-21-19(25-24-10)34-7-8-6-33-16-12(15(28)26(16)13(8)17(29)30)22-14(27)11(23-18(20)31)9-4-3-5-32-9/h3-5,11-12,16H,2,6-7H2,1H3,(H,22,27)(H,29,30)(H3,20,23,31)(H,21,24,25)/t11?,12-,16?/m1/s1. The Kier molecular flexibility index (Phi) is 7.13. The van der Waals surface area contributed by atoms with E-state index in [4.69, 9.17) is 5.73 Å². The maximum Gasteiger partial charge on any atom is 0.352 e. The molecule has 4 rings (SSSR count). The Hall–Kier alpha value is -3.04. The zero-order chi connectivity index (χ0) is 24.4. The predicted molar refractivity (Wildman–Crippen MR) is 126 cm³/mol. The summed E-state index contributed by atoms with van der Waals surface area (Å²) in [5.41, 5.74) is 5.70. The molecular formula is C19H21N7O5S3. The van der Waals surface area contributed by atoms with Crippen LogP contribution in [0.5, 0.6) is 0 Å². The number of thioether (sulfide) groups is 2. The summed E-state index contributed by atoms with van der Waals surface area (Å²) in [5.74, 6) is -0.925. The van der Waals surface area contributed by atoms with Crippen molar-refractivity contribution < 1.29 is 24.3 Å². The van der Waals surface area contributed by atoms with Gasteiger partial charge in [-0.25, -0.2) is 14.6 Å². The van der Waals surface area contributed by atoms with Gasteiger partial charge in [0.1, 0.15) is 29.0 Å². The van der Waals surface area contributed by atoms with Crippen LogP contribution in [0, 0.1) is 0 Å². The Morgan fingerprint density at radius 2 is 2.24 bits per heavy atom. The molecule has 2 aromatic rings. The first-order valence-electron chi connectivity index (χ1n) is 10.1. The van der Waals surface area contributed by atoms with Gasteiger partial charge in [-0.15, -0.1) is 28.2 Å². The molecule has 2 aliphatic rings. The molecule has 2 unspecified atom stereocenters. The number of aromatic nitrogens is 3. The van der Waals surface area contributed by atoms with Gasteiger partial charge in [-0.05, 0) is 17.0 Å². The van der Waals surface area contributed by atoms with Gasteiger partial charge < -0.3 is 21.5 Å². The summed E-state index contributed by atoms with van der Waals surface area (Å²) in [6, 6.07) is 0.545. The second kappa shape index (κ2) is 10.1. The van der Waals surface area contributed by atoms with Crippen molar-refractivity contribution in [2.24, 2.45) is 5.73 Å². The van der Waals surface area contributed by atoms with Gasteiger partial charge in [-0.1, -0.05) is 24.8 Å². The molecule has 0 saturated carbocycles. The summed E-state index contributed by atoms with van der Waals surface area (Å²) in [5, 5.41) is 23.4. The first-order valence-corrected chi connectivity index (χ1v) is 13.0. The number of aliphatic carboxylic acids is 1. The van der Waals surface area contributed by atoms with Crippen LogP contribution in [-0.4, -0.2) is 71.9 Å². The number of thiophene rings is 1. The molecule has 34 heavy (non-hydrogen) atoms. The minimum absolute atomic E-state index is 0.0805. The number of carbonyl (C=O) groups is 4. The van der Waals surface area contributed by atoms with E-state index in [0.29, 0.717) is 33.5 Å². The third-order valence-corrected chi connectivity index (χ3v) is 8.36. The molecule has 6 N–H and O–H groups in total. The summed E-state index contributed by atoms with van der Waals surface area (Å²) in [4.78, 5) is 55.2. The summed E-state index contributed by atoms with van der Waals surface area (Å²) >= 11 is 3.90. The van der Waals surface area contributed by atoms with E-state index in [1.165, 1.54) is 39.8 Å². The van der Waals surface area contributed by atoms with Crippen molar-refractivity contribution in [2.45, 2.75) is 36.0 Å². The molecule has 3 atom stereocenters. The maximum absolute atomic E-state index is 12.9. The molecule has 0 aromatic carbocycles. The predicted octanol–water partition coefficient (Wildman–Crippen LogP) is 0.669. The number of β-lactam (4-membered cyclic amide) rings is 1. The smallest absolute Gasteiger partial charge is 0.352 e. The monoisotopic (exact) mass is 523 g/mol. The number of urea groups is 1. The van der Waals surface area contributed by atoms with E-state index in [1.54, 1.807) is 17.5 Å². The quantitative estimate of drug-likeness (QED) is 0.233. The highest BCUT2D eigenvalue weighted by molar-refractivity contribution is 8.01. The Morgan fingerprint density at radius 1 is 1.44 bits per heavy atom. The van der Waals surface area contributed by atoms with Gasteiger partial charge in [0.15, 0.2) is 0 Å². The van der Waals surface area contributed by atoms with E-state index in [1.807, 2.05) is 6.92 Å². The molecule has 1 saturated heterocycles. The van der Waals surface area contributed by atoms with Crippen LogP contribution in [0.25, 0.3) is 0 Å². The van der Waals surface area contributed by atoms with E-state index < -0.39 is 41.3 Å². The second-order valence-corrected chi connectivity index (χ2v) is 10.3. The van der Waals surface area contributed by atoms with Gasteiger partial charge >= 0.3 is 12.0 Å². The highest BCUT2D eigenvalue weighted by atomic mass is 32.2. The van der Waals surface area contributed by atoms with Crippen molar-refractivity contribution in [1.29, 1.82) is 0 Å². The van der Waals surface area contributed by atoms with Crippen LogP contribution < -0.4 is 16.4 Å². The van der Waals surface area contributed by atoms with Crippen molar-refractivity contribution in [3.05, 3.63) is 39.5 Å². The summed E-state index contributed by atoms with van der Waals surface area (Å²) in [7, 11) is 0. The lowest BCUT2D eigenvalue weighted by atomic mass is 10.0. The zero-order valence-corrected chi connectivity index (χ0v) is 20.3. The minimum atomic E-state index is -1.21. The van der Waals surface area contributed by atoms with E-state index in [2.05, 4.69) is 25.8 Å². The van der Waals surface area contributed by atoms with Crippen LogP contribution in [-0.2, 0) is 20.8 Å². The lowest BCUT2D eigenvalue weighted by molar-refractivity contribution is -0.150. The highest BCUT2D eigenvalue weighted by Crippen LogP contribution is 2.41. The number of aryl methyl sites for hydroxylation is 1. The van der Waals surface area contributed by atoms with Crippen LogP contribution in [0.15, 0.2) is 33.9 Å². The fraction of sp³-hybridized carbons (Fsp3) is 0.368. The Morgan fingerprint density at radius 3 is 2.85 bits per heavy atom. The van der Waals surface area contributed by atoms with Gasteiger partial charge in [-0.2, -0.15) is 0 Å². The number of aromatic amines is 1. The molecule has 2 aliphatic heterocycles. The van der Waals surface area contributed by atoms with Gasteiger partial charge in [0.2, 0.25) is 11.1 Å². The largest absolute Gasteiger partial charge is 0.477 e. The summed E-state index contributed by atoms with van der Waals surface area (Å²) in [6.07, 6.45) is 0.700. The highest BCUT2D eigenvalue weighted by Gasteiger charge is 2.54. The number of hydrogen-bond acceptors (Lipinski definition) is 9. The van der Waals surface area contributed by atoms with Gasteiger partial charge in [0, 0.05) is 22.8 Å². The average molecular weight is 524 g/mol. The normalized spacial score (nSPS) is 20.4. The number of primary amides is 1. The number of nitrogens with zero attached hydrogens (tertiary/aromatic N) is 3. The molecule has 0 radical (unpaired) electrons. The number of rotatable bonds is 9. The molecule has 1 fully saturated rings. The van der Waals surface area contributed by atoms with Gasteiger partial charge in [-0.3, -0.25) is 19.6 Å². The lowest BCUT2D eigenvalue weighted by Gasteiger charge is -2.49. The molecular weight excluding hydrogens is 502 g/mol. The molecule has 0 bridgehead atoms. The molecule has 0 aliphatic carbocycles. The SMILES string of the molecule is CCc1nc(SCC2=C(C(=O)O)N3C(=O)[C@@H](NC(=O)C(NC(N)=O)c4cccs4)C3SC2)n[nH]1. The van der Waals surface area contributed by atoms with Gasteiger partial charge in [0.05, 0.1) is 0 Å². The first kappa shape index (κ1) is 24.1. The third kappa shape index (κ3) is 4.76. The lowest BCUT2D eigenvalue weighted by Crippen LogP contribution is -2.71. The number of carbonyl (C=O) groups excluding carboxylic acids is 3. The molecule has 15 heteroatoms. The Bertz CT molecular complexity index is 1150. The number of carboxylic acid groups (broad SMARTS) is 1. The minimum Gasteiger partial charge on any atom is -0.477 e. The number of H-pyrrole nitrogens is 1. The van der Waals surface area contributed by atoms with Crippen LogP contribution in [0.2, 0.25) is 0 Å². The third-order valence-electron chi connectivity index (χ3n) is 5.15. The van der Waals surface area contributed by atoms with Crippen molar-refractivity contribution >= 4 is 58.7 Å². The number of hydrogen-bond donors (Lipinski definition) is 5. The molecule has 12 nitrogen and oxygen atoms in total. The fourth-order valence-electron chi connectivity index (χ4n) is 3.55. The van der Waals surface area contributed by atoms with E-state index >= 15 is 0 Å². The van der Waals surface area contributed by atoms with E-state index in [-0.39, 0.29) is 5.70 Å². The number of amides is 4. The number of carboxylic acids is 1. The van der Waals surface area contributed by atoms with Crippen molar-refractivity contribution in [2.75, 3.05) is 11.5 Å². The summed E-state index contributed by atoms with van der Waals surface area (Å²) in [6.45, 7) is 1.94. The molecule has 180 valence electrons. The van der Waals surface area contributed by atoms with Crippen LogP contribution in [0.3, 0.4) is 0 Å². The zero-order valence-electron chi connectivity index (χ0n) is 17.8. The molecule has 4 heterocycles. The number of fused-ring (bicyclic) bond motifs is 1.